The standard InChI is InChI=1S/C16H20ClN3O3S/c1-2-8-20(14-7-9-24(21,22)11-14)10-15-18-16(19-23-15)12-3-5-13(17)6-4-12/h3-6,14H,2,7-11H2,1H3. The van der Waals surface area contributed by atoms with Crippen LogP contribution in [0, 0.1) is 0 Å². The molecule has 3 rings (SSSR count). The predicted octanol–water partition coefficient (Wildman–Crippen LogP) is 2.79. The zero-order chi connectivity index (χ0) is 17.2. The maximum absolute atomic E-state index is 11.7. The van der Waals surface area contributed by atoms with E-state index in [1.807, 2.05) is 12.1 Å². The third-order valence-corrected chi connectivity index (χ3v) is 6.15. The molecule has 1 aromatic heterocycles. The number of rotatable bonds is 6. The van der Waals surface area contributed by atoms with Crippen LogP contribution in [0.25, 0.3) is 11.4 Å². The minimum absolute atomic E-state index is 0.0285. The summed E-state index contributed by atoms with van der Waals surface area (Å²) in [6, 6.07) is 7.26. The van der Waals surface area contributed by atoms with Crippen molar-refractivity contribution in [2.75, 3.05) is 18.1 Å². The van der Waals surface area contributed by atoms with Gasteiger partial charge in [-0.1, -0.05) is 23.7 Å². The molecule has 2 aromatic rings. The number of halogens is 1. The zero-order valence-corrected chi connectivity index (χ0v) is 15.1. The second kappa shape index (κ2) is 7.21. The van der Waals surface area contributed by atoms with E-state index in [-0.39, 0.29) is 17.5 Å². The van der Waals surface area contributed by atoms with E-state index in [1.165, 1.54) is 0 Å². The number of nitrogens with zero attached hydrogens (tertiary/aromatic N) is 3. The molecule has 1 aromatic carbocycles. The monoisotopic (exact) mass is 369 g/mol. The number of aromatic nitrogens is 2. The molecule has 1 atom stereocenters. The fourth-order valence-electron chi connectivity index (χ4n) is 2.95. The lowest BCUT2D eigenvalue weighted by atomic mass is 10.2. The summed E-state index contributed by atoms with van der Waals surface area (Å²) in [4.78, 5) is 6.56. The molecule has 0 spiro atoms. The molecule has 0 N–H and O–H groups in total. The second-order valence-electron chi connectivity index (χ2n) is 6.05. The molecule has 1 fully saturated rings. The molecule has 0 bridgehead atoms. The number of sulfone groups is 1. The molecule has 0 aliphatic carbocycles. The summed E-state index contributed by atoms with van der Waals surface area (Å²) in [6.45, 7) is 3.34. The SMILES string of the molecule is CCCN(Cc1nc(-c2ccc(Cl)cc2)no1)C1CCS(=O)(=O)C1. The van der Waals surface area contributed by atoms with Gasteiger partial charge < -0.3 is 4.52 Å². The Hall–Kier alpha value is -1.44. The highest BCUT2D eigenvalue weighted by Crippen LogP contribution is 2.22. The Balaban J connectivity index is 1.72. The molecule has 0 amide bonds. The van der Waals surface area contributed by atoms with Crippen molar-refractivity contribution in [2.45, 2.75) is 32.4 Å². The van der Waals surface area contributed by atoms with E-state index in [2.05, 4.69) is 22.0 Å². The van der Waals surface area contributed by atoms with Crippen LogP contribution in [-0.2, 0) is 16.4 Å². The van der Waals surface area contributed by atoms with Crippen molar-refractivity contribution in [3.63, 3.8) is 0 Å². The smallest absolute Gasteiger partial charge is 0.241 e. The summed E-state index contributed by atoms with van der Waals surface area (Å²) >= 11 is 5.88. The Morgan fingerprint density at radius 1 is 1.33 bits per heavy atom. The Morgan fingerprint density at radius 3 is 2.71 bits per heavy atom. The molecule has 6 nitrogen and oxygen atoms in total. The molecule has 130 valence electrons. The second-order valence-corrected chi connectivity index (χ2v) is 8.71. The summed E-state index contributed by atoms with van der Waals surface area (Å²) in [7, 11) is -2.91. The summed E-state index contributed by atoms with van der Waals surface area (Å²) in [5, 5.41) is 4.66. The highest BCUT2D eigenvalue weighted by Gasteiger charge is 2.32. The third-order valence-electron chi connectivity index (χ3n) is 4.14. The first kappa shape index (κ1) is 17.4. The van der Waals surface area contributed by atoms with Crippen LogP contribution >= 0.6 is 11.6 Å². The lowest BCUT2D eigenvalue weighted by Crippen LogP contribution is -2.36. The van der Waals surface area contributed by atoms with Crippen LogP contribution in [0.4, 0.5) is 0 Å². The largest absolute Gasteiger partial charge is 0.338 e. The van der Waals surface area contributed by atoms with E-state index in [0.29, 0.717) is 29.7 Å². The Labute approximate surface area is 146 Å². The van der Waals surface area contributed by atoms with E-state index in [9.17, 15) is 8.42 Å². The molecule has 1 aliphatic rings. The van der Waals surface area contributed by atoms with Gasteiger partial charge in [-0.05, 0) is 43.7 Å². The molecule has 2 heterocycles. The van der Waals surface area contributed by atoms with Gasteiger partial charge in [-0.3, -0.25) is 4.90 Å². The lowest BCUT2D eigenvalue weighted by molar-refractivity contribution is 0.178. The van der Waals surface area contributed by atoms with Gasteiger partial charge in [0.2, 0.25) is 11.7 Å². The molecular weight excluding hydrogens is 350 g/mol. The first-order chi connectivity index (χ1) is 11.5. The van der Waals surface area contributed by atoms with Crippen LogP contribution in [0.3, 0.4) is 0 Å². The highest BCUT2D eigenvalue weighted by atomic mass is 35.5. The first-order valence-electron chi connectivity index (χ1n) is 8.00. The molecule has 24 heavy (non-hydrogen) atoms. The van der Waals surface area contributed by atoms with Crippen molar-refractivity contribution in [3.8, 4) is 11.4 Å². The van der Waals surface area contributed by atoms with Gasteiger partial charge in [0.25, 0.3) is 0 Å². The summed E-state index contributed by atoms with van der Waals surface area (Å²) < 4.78 is 28.8. The van der Waals surface area contributed by atoms with Crippen LogP contribution in [0.2, 0.25) is 5.02 Å². The zero-order valence-electron chi connectivity index (χ0n) is 13.5. The summed E-state index contributed by atoms with van der Waals surface area (Å²) in [5.74, 6) is 1.48. The van der Waals surface area contributed by atoms with E-state index in [4.69, 9.17) is 16.1 Å². The molecule has 0 radical (unpaired) electrons. The molecular formula is C16H20ClN3O3S. The van der Waals surface area contributed by atoms with Gasteiger partial charge in [-0.25, -0.2) is 8.42 Å². The maximum atomic E-state index is 11.7. The van der Waals surface area contributed by atoms with E-state index < -0.39 is 9.84 Å². The number of benzene rings is 1. The Morgan fingerprint density at radius 2 is 2.08 bits per heavy atom. The fraction of sp³-hybridized carbons (Fsp3) is 0.500. The van der Waals surface area contributed by atoms with E-state index >= 15 is 0 Å². The minimum atomic E-state index is -2.91. The van der Waals surface area contributed by atoms with Crippen LogP contribution in [-0.4, -0.2) is 47.6 Å². The third kappa shape index (κ3) is 4.15. The van der Waals surface area contributed by atoms with Gasteiger partial charge in [0.05, 0.1) is 18.1 Å². The van der Waals surface area contributed by atoms with Gasteiger partial charge in [-0.2, -0.15) is 4.98 Å². The average molecular weight is 370 g/mol. The van der Waals surface area contributed by atoms with Gasteiger partial charge in [-0.15, -0.1) is 0 Å². The van der Waals surface area contributed by atoms with Crippen molar-refractivity contribution in [1.82, 2.24) is 15.0 Å². The lowest BCUT2D eigenvalue weighted by Gasteiger charge is -2.25. The van der Waals surface area contributed by atoms with Crippen LogP contribution in [0.5, 0.6) is 0 Å². The molecule has 0 saturated carbocycles. The van der Waals surface area contributed by atoms with Crippen molar-refractivity contribution in [2.24, 2.45) is 0 Å². The molecule has 1 aliphatic heterocycles. The highest BCUT2D eigenvalue weighted by molar-refractivity contribution is 7.91. The van der Waals surface area contributed by atoms with Gasteiger partial charge >= 0.3 is 0 Å². The average Bonchev–Trinajstić information content (AvgIpc) is 3.14. The van der Waals surface area contributed by atoms with Crippen molar-refractivity contribution in [1.29, 1.82) is 0 Å². The first-order valence-corrected chi connectivity index (χ1v) is 10.2. The topological polar surface area (TPSA) is 76.3 Å². The van der Waals surface area contributed by atoms with Gasteiger partial charge in [0.1, 0.15) is 0 Å². The van der Waals surface area contributed by atoms with Crippen molar-refractivity contribution < 1.29 is 12.9 Å². The Bertz CT molecular complexity index is 789. The number of hydrogen-bond acceptors (Lipinski definition) is 6. The number of hydrogen-bond donors (Lipinski definition) is 0. The molecule has 1 unspecified atom stereocenters. The van der Waals surface area contributed by atoms with Crippen LogP contribution in [0.1, 0.15) is 25.7 Å². The van der Waals surface area contributed by atoms with E-state index in [0.717, 1.165) is 18.5 Å². The fourth-order valence-corrected chi connectivity index (χ4v) is 4.84. The summed E-state index contributed by atoms with van der Waals surface area (Å²) in [5.41, 5.74) is 0.833. The quantitative estimate of drug-likeness (QED) is 0.779. The molecule has 8 heteroatoms. The van der Waals surface area contributed by atoms with Gasteiger partial charge in [0, 0.05) is 16.6 Å². The summed E-state index contributed by atoms with van der Waals surface area (Å²) in [6.07, 6.45) is 1.61. The minimum Gasteiger partial charge on any atom is -0.338 e. The molecule has 1 saturated heterocycles. The van der Waals surface area contributed by atoms with Gasteiger partial charge in [0.15, 0.2) is 9.84 Å². The van der Waals surface area contributed by atoms with Crippen molar-refractivity contribution >= 4 is 21.4 Å². The van der Waals surface area contributed by atoms with E-state index in [1.54, 1.807) is 12.1 Å². The normalized spacial score (nSPS) is 19.9. The van der Waals surface area contributed by atoms with Crippen LogP contribution in [0.15, 0.2) is 28.8 Å². The predicted molar refractivity (Wildman–Crippen MR) is 92.5 cm³/mol. The maximum Gasteiger partial charge on any atom is 0.241 e. The van der Waals surface area contributed by atoms with Crippen molar-refractivity contribution in [3.05, 3.63) is 35.2 Å². The van der Waals surface area contributed by atoms with Crippen LogP contribution < -0.4 is 0 Å². The Kier molecular flexibility index (Phi) is 5.22.